The van der Waals surface area contributed by atoms with Gasteiger partial charge in [-0.25, -0.2) is 0 Å². The van der Waals surface area contributed by atoms with Crippen molar-refractivity contribution in [1.82, 2.24) is 4.90 Å². The predicted octanol–water partition coefficient (Wildman–Crippen LogP) is 5.21. The number of carboxylic acid groups (broad SMARTS) is 1. The molecule has 1 N–H and O–H groups in total. The van der Waals surface area contributed by atoms with Crippen LogP contribution in [0.25, 0.3) is 0 Å². The van der Waals surface area contributed by atoms with Crippen LogP contribution in [0.15, 0.2) is 42.5 Å². The van der Waals surface area contributed by atoms with E-state index in [4.69, 9.17) is 0 Å². The molecule has 1 heterocycles. The van der Waals surface area contributed by atoms with E-state index in [0.29, 0.717) is 19.5 Å². The maximum Gasteiger partial charge on any atom is 0.416 e. The Morgan fingerprint density at radius 2 is 1.82 bits per heavy atom. The van der Waals surface area contributed by atoms with Gasteiger partial charge in [0.05, 0.1) is 17.5 Å². The number of hydrogen-bond acceptors (Lipinski definition) is 2. The van der Waals surface area contributed by atoms with E-state index in [0.717, 1.165) is 40.8 Å². The monoisotopic (exact) mass is 391 g/mol. The highest BCUT2D eigenvalue weighted by atomic mass is 19.4. The number of rotatable bonds is 4. The summed E-state index contributed by atoms with van der Waals surface area (Å²) in [6.07, 6.45) is -3.01. The lowest BCUT2D eigenvalue weighted by molar-refractivity contribution is -0.144. The molecule has 1 fully saturated rings. The van der Waals surface area contributed by atoms with E-state index in [1.165, 1.54) is 12.1 Å². The normalized spacial score (nSPS) is 19.4. The molecular weight excluding hydrogens is 367 g/mol. The zero-order valence-corrected chi connectivity index (χ0v) is 16.0. The van der Waals surface area contributed by atoms with Gasteiger partial charge in [0.1, 0.15) is 0 Å². The first-order valence-corrected chi connectivity index (χ1v) is 9.38. The average Bonchev–Trinajstić information content (AvgIpc) is 2.64. The molecule has 150 valence electrons. The molecule has 0 spiro atoms. The lowest BCUT2D eigenvalue weighted by Crippen LogP contribution is -2.41. The van der Waals surface area contributed by atoms with Crippen molar-refractivity contribution in [1.29, 1.82) is 0 Å². The van der Waals surface area contributed by atoms with E-state index in [9.17, 15) is 23.1 Å². The Balaban J connectivity index is 2.03. The van der Waals surface area contributed by atoms with Gasteiger partial charge >= 0.3 is 12.1 Å². The molecule has 0 aromatic heterocycles. The number of nitrogens with zero attached hydrogens (tertiary/aromatic N) is 1. The number of benzene rings is 2. The second kappa shape index (κ2) is 7.95. The molecule has 3 rings (SSSR count). The third-order valence-electron chi connectivity index (χ3n) is 5.44. The quantitative estimate of drug-likeness (QED) is 0.778. The topological polar surface area (TPSA) is 40.5 Å². The van der Waals surface area contributed by atoms with Gasteiger partial charge in [-0.1, -0.05) is 35.9 Å². The van der Waals surface area contributed by atoms with E-state index >= 15 is 0 Å². The van der Waals surface area contributed by atoms with Gasteiger partial charge in [0.25, 0.3) is 0 Å². The maximum atomic E-state index is 13.0. The van der Waals surface area contributed by atoms with Crippen molar-refractivity contribution in [2.24, 2.45) is 5.92 Å². The van der Waals surface area contributed by atoms with Crippen LogP contribution in [0, 0.1) is 19.8 Å². The van der Waals surface area contributed by atoms with Gasteiger partial charge in [-0.2, -0.15) is 13.2 Å². The minimum absolute atomic E-state index is 0.273. The van der Waals surface area contributed by atoms with Gasteiger partial charge in [-0.15, -0.1) is 0 Å². The molecule has 1 aliphatic rings. The standard InChI is InChI=1S/C22H24F3NO2/c1-14-5-10-19(15(2)12-14)20(26-11-3-4-17(13-26)21(27)28)16-6-8-18(9-7-16)22(23,24)25/h5-10,12,17,20H,3-4,11,13H2,1-2H3,(H,27,28). The summed E-state index contributed by atoms with van der Waals surface area (Å²) in [5.74, 6) is -1.28. The fourth-order valence-electron chi connectivity index (χ4n) is 4.02. The summed E-state index contributed by atoms with van der Waals surface area (Å²) in [5, 5.41) is 9.44. The van der Waals surface area contributed by atoms with Crippen molar-refractivity contribution >= 4 is 5.97 Å². The third kappa shape index (κ3) is 4.38. The predicted molar refractivity (Wildman–Crippen MR) is 101 cm³/mol. The highest BCUT2D eigenvalue weighted by Crippen LogP contribution is 2.36. The Labute approximate surface area is 162 Å². The van der Waals surface area contributed by atoms with Crippen molar-refractivity contribution in [3.05, 3.63) is 70.3 Å². The number of hydrogen-bond donors (Lipinski definition) is 1. The van der Waals surface area contributed by atoms with E-state index in [1.807, 2.05) is 32.0 Å². The Morgan fingerprint density at radius 3 is 2.39 bits per heavy atom. The number of likely N-dealkylation sites (tertiary alicyclic amines) is 1. The number of aliphatic carboxylic acids is 1. The summed E-state index contributed by atoms with van der Waals surface area (Å²) >= 11 is 0. The van der Waals surface area contributed by atoms with Crippen molar-refractivity contribution in [3.8, 4) is 0 Å². The molecular formula is C22H24F3NO2. The minimum Gasteiger partial charge on any atom is -0.481 e. The molecule has 0 radical (unpaired) electrons. The van der Waals surface area contributed by atoms with E-state index < -0.39 is 23.6 Å². The highest BCUT2D eigenvalue weighted by molar-refractivity contribution is 5.70. The summed E-state index contributed by atoms with van der Waals surface area (Å²) in [4.78, 5) is 13.6. The minimum atomic E-state index is -4.38. The molecule has 0 aliphatic carbocycles. The van der Waals surface area contributed by atoms with Crippen LogP contribution < -0.4 is 0 Å². The zero-order chi connectivity index (χ0) is 20.5. The van der Waals surface area contributed by atoms with Crippen LogP contribution in [0.5, 0.6) is 0 Å². The van der Waals surface area contributed by atoms with Crippen LogP contribution >= 0.6 is 0 Å². The van der Waals surface area contributed by atoms with Crippen molar-refractivity contribution in [3.63, 3.8) is 0 Å². The molecule has 3 nitrogen and oxygen atoms in total. The second-order valence-corrected chi connectivity index (χ2v) is 7.55. The summed E-state index contributed by atoms with van der Waals surface area (Å²) in [7, 11) is 0. The van der Waals surface area contributed by atoms with Gasteiger partial charge in [0, 0.05) is 6.54 Å². The van der Waals surface area contributed by atoms with Crippen LogP contribution in [0.1, 0.15) is 46.7 Å². The molecule has 0 saturated carbocycles. The van der Waals surface area contributed by atoms with Crippen molar-refractivity contribution in [2.45, 2.75) is 38.9 Å². The fraction of sp³-hybridized carbons (Fsp3) is 0.409. The third-order valence-corrected chi connectivity index (χ3v) is 5.44. The number of aryl methyl sites for hydroxylation is 2. The van der Waals surface area contributed by atoms with Gasteiger partial charge in [-0.3, -0.25) is 9.69 Å². The van der Waals surface area contributed by atoms with Gasteiger partial charge in [0.2, 0.25) is 0 Å². The van der Waals surface area contributed by atoms with E-state index in [2.05, 4.69) is 4.90 Å². The van der Waals surface area contributed by atoms with Crippen LogP contribution in [-0.4, -0.2) is 29.1 Å². The molecule has 2 atom stereocenters. The first-order chi connectivity index (χ1) is 13.2. The summed E-state index contributed by atoms with van der Waals surface area (Å²) in [5.41, 5.74) is 3.21. The number of alkyl halides is 3. The Kier molecular flexibility index (Phi) is 5.79. The summed E-state index contributed by atoms with van der Waals surface area (Å²) < 4.78 is 38.9. The SMILES string of the molecule is Cc1ccc(C(c2ccc(C(F)(F)F)cc2)N2CCCC(C(=O)O)C2)c(C)c1. The number of carboxylic acids is 1. The molecule has 1 saturated heterocycles. The molecule has 2 unspecified atom stereocenters. The molecule has 2 aromatic rings. The number of carbonyl (C=O) groups is 1. The molecule has 0 amide bonds. The van der Waals surface area contributed by atoms with Gasteiger partial charge in [-0.05, 0) is 62.1 Å². The zero-order valence-electron chi connectivity index (χ0n) is 16.0. The lowest BCUT2D eigenvalue weighted by atomic mass is 9.89. The number of piperidine rings is 1. The second-order valence-electron chi connectivity index (χ2n) is 7.55. The van der Waals surface area contributed by atoms with Crippen LogP contribution in [0.2, 0.25) is 0 Å². The Hall–Kier alpha value is -2.34. The average molecular weight is 391 g/mol. The smallest absolute Gasteiger partial charge is 0.416 e. The fourth-order valence-corrected chi connectivity index (χ4v) is 4.02. The Morgan fingerprint density at radius 1 is 1.14 bits per heavy atom. The largest absolute Gasteiger partial charge is 0.481 e. The van der Waals surface area contributed by atoms with E-state index in [-0.39, 0.29) is 6.04 Å². The number of halogens is 3. The Bertz CT molecular complexity index is 846. The molecule has 0 bridgehead atoms. The molecule has 1 aliphatic heterocycles. The molecule has 2 aromatic carbocycles. The van der Waals surface area contributed by atoms with E-state index in [1.54, 1.807) is 0 Å². The molecule has 28 heavy (non-hydrogen) atoms. The van der Waals surface area contributed by atoms with Gasteiger partial charge in [0.15, 0.2) is 0 Å². The first kappa shape index (κ1) is 20.4. The summed E-state index contributed by atoms with van der Waals surface area (Å²) in [6, 6.07) is 11.0. The summed E-state index contributed by atoms with van der Waals surface area (Å²) in [6.45, 7) is 5.07. The lowest BCUT2D eigenvalue weighted by Gasteiger charge is -2.38. The van der Waals surface area contributed by atoms with Crippen LogP contribution in [-0.2, 0) is 11.0 Å². The van der Waals surface area contributed by atoms with Crippen molar-refractivity contribution in [2.75, 3.05) is 13.1 Å². The maximum absolute atomic E-state index is 13.0. The first-order valence-electron chi connectivity index (χ1n) is 9.38. The van der Waals surface area contributed by atoms with Gasteiger partial charge < -0.3 is 5.11 Å². The molecule has 6 heteroatoms. The van der Waals surface area contributed by atoms with Crippen molar-refractivity contribution < 1.29 is 23.1 Å². The van der Waals surface area contributed by atoms with Crippen LogP contribution in [0.3, 0.4) is 0 Å². The van der Waals surface area contributed by atoms with Crippen LogP contribution in [0.4, 0.5) is 13.2 Å². The highest BCUT2D eigenvalue weighted by Gasteiger charge is 2.33.